The lowest BCUT2D eigenvalue weighted by Gasteiger charge is -2.34. The second-order valence-corrected chi connectivity index (χ2v) is 8.26. The smallest absolute Gasteiger partial charge is 0.277 e. The average Bonchev–Trinajstić information content (AvgIpc) is 3.47. The molecule has 0 spiro atoms. The molecule has 8 heteroatoms. The van der Waals surface area contributed by atoms with Gasteiger partial charge < -0.3 is 9.80 Å². The van der Waals surface area contributed by atoms with Crippen LogP contribution in [-0.4, -0.2) is 49.3 Å². The molecular weight excluding hydrogens is 358 g/mol. The molecule has 1 N–H and O–H groups in total. The fourth-order valence-corrected chi connectivity index (χ4v) is 4.58. The summed E-state index contributed by atoms with van der Waals surface area (Å²) >= 11 is 0. The zero-order valence-electron chi connectivity index (χ0n) is 16.1. The highest BCUT2D eigenvalue weighted by Gasteiger charge is 2.36. The minimum absolute atomic E-state index is 0.0441. The highest BCUT2D eigenvalue weighted by atomic mass is 16.2. The number of hydrogen-bond donors (Lipinski definition) is 1. The molecule has 5 rings (SSSR count). The van der Waals surface area contributed by atoms with Gasteiger partial charge in [-0.2, -0.15) is 0 Å². The summed E-state index contributed by atoms with van der Waals surface area (Å²) < 4.78 is 1.48. The second kappa shape index (κ2) is 6.46. The van der Waals surface area contributed by atoms with Crippen LogP contribution in [0.5, 0.6) is 0 Å². The van der Waals surface area contributed by atoms with Crippen LogP contribution in [0.2, 0.25) is 0 Å². The zero-order valence-corrected chi connectivity index (χ0v) is 16.1. The summed E-state index contributed by atoms with van der Waals surface area (Å²) in [5.41, 5.74) is 2.72. The summed E-state index contributed by atoms with van der Waals surface area (Å²) in [6, 6.07) is 1.85. The van der Waals surface area contributed by atoms with Crippen LogP contribution >= 0.6 is 0 Å². The number of piperidine rings is 1. The highest BCUT2D eigenvalue weighted by molar-refractivity contribution is 5.81. The Hall–Kier alpha value is -2.64. The predicted octanol–water partition coefficient (Wildman–Crippen LogP) is 1.39. The topological polar surface area (TPSA) is 90.8 Å². The molecule has 1 atom stereocenters. The van der Waals surface area contributed by atoms with E-state index in [9.17, 15) is 14.4 Å². The number of H-pyrrole nitrogens is 1. The largest absolute Gasteiger partial charge is 0.337 e. The molecule has 28 heavy (non-hydrogen) atoms. The quantitative estimate of drug-likeness (QED) is 0.848. The molecule has 3 aliphatic rings. The molecule has 1 aliphatic carbocycles. The van der Waals surface area contributed by atoms with Gasteiger partial charge in [-0.1, -0.05) is 0 Å². The third-order valence-electron chi connectivity index (χ3n) is 6.29. The number of likely N-dealkylation sites (tertiary alicyclic amines) is 1. The first-order valence-corrected chi connectivity index (χ1v) is 10.2. The van der Waals surface area contributed by atoms with E-state index < -0.39 is 0 Å². The van der Waals surface area contributed by atoms with Crippen LogP contribution < -0.4 is 5.56 Å². The number of hydrogen-bond acceptors (Lipinski definition) is 4. The molecule has 2 aromatic heterocycles. The van der Waals surface area contributed by atoms with E-state index in [0.717, 1.165) is 50.0 Å². The zero-order chi connectivity index (χ0) is 19.4. The molecule has 4 heterocycles. The standard InChI is InChI=1S/C20H25N5O3/c1-12(26)24-8-3-2-4-17(24)16-10-18-21-15-7-9-23(19(27)13-5-6-13)11-14(15)20(28)25(18)22-16/h10,13,17,22H,2-9,11H2,1H3/t17-/m1/s1. The first kappa shape index (κ1) is 17.5. The van der Waals surface area contributed by atoms with Crippen LogP contribution in [0.15, 0.2) is 10.9 Å². The normalized spacial score (nSPS) is 22.4. The van der Waals surface area contributed by atoms with Crippen molar-refractivity contribution in [3.05, 3.63) is 33.4 Å². The number of carbonyl (C=O) groups is 2. The number of amides is 2. The minimum atomic E-state index is -0.135. The van der Waals surface area contributed by atoms with Gasteiger partial charge in [0.15, 0.2) is 5.65 Å². The number of aromatic amines is 1. The van der Waals surface area contributed by atoms with E-state index in [1.54, 1.807) is 11.8 Å². The van der Waals surface area contributed by atoms with E-state index in [2.05, 4.69) is 5.10 Å². The maximum Gasteiger partial charge on any atom is 0.277 e. The van der Waals surface area contributed by atoms with Gasteiger partial charge in [0.1, 0.15) is 0 Å². The van der Waals surface area contributed by atoms with Crippen LogP contribution in [-0.2, 0) is 22.6 Å². The van der Waals surface area contributed by atoms with Crippen molar-refractivity contribution in [1.29, 1.82) is 0 Å². The molecule has 8 nitrogen and oxygen atoms in total. The van der Waals surface area contributed by atoms with Crippen molar-refractivity contribution >= 4 is 17.5 Å². The molecule has 0 radical (unpaired) electrons. The predicted molar refractivity (Wildman–Crippen MR) is 102 cm³/mol. The summed E-state index contributed by atoms with van der Waals surface area (Å²) in [6.07, 6.45) is 5.49. The van der Waals surface area contributed by atoms with E-state index in [1.165, 1.54) is 4.52 Å². The van der Waals surface area contributed by atoms with Gasteiger partial charge in [0, 0.05) is 38.4 Å². The van der Waals surface area contributed by atoms with Gasteiger partial charge in [0.2, 0.25) is 11.8 Å². The van der Waals surface area contributed by atoms with Gasteiger partial charge >= 0.3 is 0 Å². The molecule has 1 saturated heterocycles. The Morgan fingerprint density at radius 1 is 1.18 bits per heavy atom. The van der Waals surface area contributed by atoms with E-state index in [-0.39, 0.29) is 29.3 Å². The molecule has 1 saturated carbocycles. The van der Waals surface area contributed by atoms with E-state index in [0.29, 0.717) is 30.7 Å². The van der Waals surface area contributed by atoms with E-state index in [4.69, 9.17) is 4.98 Å². The maximum absolute atomic E-state index is 13.1. The first-order chi connectivity index (χ1) is 13.5. The molecule has 0 unspecified atom stereocenters. The van der Waals surface area contributed by atoms with Crippen molar-refractivity contribution in [2.75, 3.05) is 13.1 Å². The summed E-state index contributed by atoms with van der Waals surface area (Å²) in [6.45, 7) is 3.31. The van der Waals surface area contributed by atoms with Gasteiger partial charge in [-0.15, -0.1) is 0 Å². The summed E-state index contributed by atoms with van der Waals surface area (Å²) in [5.74, 6) is 0.376. The number of nitrogens with zero attached hydrogens (tertiary/aromatic N) is 4. The summed E-state index contributed by atoms with van der Waals surface area (Å²) in [5, 5.41) is 3.19. The fraction of sp³-hybridized carbons (Fsp3) is 0.600. The Bertz CT molecular complexity index is 1020. The molecule has 2 fully saturated rings. The van der Waals surface area contributed by atoms with Crippen molar-refractivity contribution in [2.45, 2.75) is 58.0 Å². The fourth-order valence-electron chi connectivity index (χ4n) is 4.58. The van der Waals surface area contributed by atoms with Crippen molar-refractivity contribution in [1.82, 2.24) is 24.4 Å². The van der Waals surface area contributed by atoms with Gasteiger partial charge in [-0.05, 0) is 32.1 Å². The third kappa shape index (κ3) is 2.82. The number of nitrogens with one attached hydrogen (secondary N) is 1. The molecule has 2 amide bonds. The van der Waals surface area contributed by atoms with Crippen LogP contribution in [0.3, 0.4) is 0 Å². The van der Waals surface area contributed by atoms with Crippen molar-refractivity contribution in [3.8, 4) is 0 Å². The van der Waals surface area contributed by atoms with Crippen molar-refractivity contribution in [3.63, 3.8) is 0 Å². The molecule has 0 bridgehead atoms. The molecule has 2 aromatic rings. The summed E-state index contributed by atoms with van der Waals surface area (Å²) in [7, 11) is 0. The maximum atomic E-state index is 13.1. The Balaban J connectivity index is 1.51. The van der Waals surface area contributed by atoms with Crippen LogP contribution in [0.1, 0.15) is 62.0 Å². The molecule has 2 aliphatic heterocycles. The second-order valence-electron chi connectivity index (χ2n) is 8.26. The van der Waals surface area contributed by atoms with Gasteiger partial charge in [0.05, 0.1) is 29.5 Å². The van der Waals surface area contributed by atoms with Gasteiger partial charge in [-0.3, -0.25) is 19.5 Å². The van der Waals surface area contributed by atoms with E-state index in [1.807, 2.05) is 11.0 Å². The Morgan fingerprint density at radius 3 is 2.75 bits per heavy atom. The summed E-state index contributed by atoms with van der Waals surface area (Å²) in [4.78, 5) is 45.9. The van der Waals surface area contributed by atoms with Crippen LogP contribution in [0.4, 0.5) is 0 Å². The molecular formula is C20H25N5O3. The molecule has 148 valence electrons. The number of fused-ring (bicyclic) bond motifs is 2. The lowest BCUT2D eigenvalue weighted by molar-refractivity contribution is -0.134. The Labute approximate surface area is 162 Å². The Morgan fingerprint density at radius 2 is 2.00 bits per heavy atom. The SMILES string of the molecule is CC(=O)N1CCCC[C@@H]1c1cc2nc3c(c(=O)n2[nH]1)CN(C(=O)C1CC1)CC3. The van der Waals surface area contributed by atoms with E-state index >= 15 is 0 Å². The minimum Gasteiger partial charge on any atom is -0.337 e. The lowest BCUT2D eigenvalue weighted by atomic mass is 9.99. The number of aromatic nitrogens is 3. The Kier molecular flexibility index (Phi) is 4.03. The van der Waals surface area contributed by atoms with Crippen molar-refractivity contribution in [2.24, 2.45) is 5.92 Å². The monoisotopic (exact) mass is 383 g/mol. The highest BCUT2D eigenvalue weighted by Crippen LogP contribution is 2.33. The van der Waals surface area contributed by atoms with Crippen LogP contribution in [0.25, 0.3) is 5.65 Å². The van der Waals surface area contributed by atoms with Crippen LogP contribution in [0, 0.1) is 5.92 Å². The molecule has 0 aromatic carbocycles. The number of rotatable bonds is 2. The van der Waals surface area contributed by atoms with Gasteiger partial charge in [-0.25, -0.2) is 9.50 Å². The number of carbonyl (C=O) groups excluding carboxylic acids is 2. The van der Waals surface area contributed by atoms with Gasteiger partial charge in [0.25, 0.3) is 5.56 Å². The lowest BCUT2D eigenvalue weighted by Crippen LogP contribution is -2.41. The van der Waals surface area contributed by atoms with Crippen molar-refractivity contribution < 1.29 is 9.59 Å². The average molecular weight is 383 g/mol. The third-order valence-corrected chi connectivity index (χ3v) is 6.29. The first-order valence-electron chi connectivity index (χ1n) is 10.2.